The lowest BCUT2D eigenvalue weighted by molar-refractivity contribution is -0.129. The van der Waals surface area contributed by atoms with Crippen LogP contribution in [0.2, 0.25) is 0 Å². The quantitative estimate of drug-likeness (QED) is 0.742. The van der Waals surface area contributed by atoms with Gasteiger partial charge in [-0.3, -0.25) is 14.2 Å². The van der Waals surface area contributed by atoms with Gasteiger partial charge in [0.15, 0.2) is 5.57 Å². The number of carbonyl (C=O) groups excluding carboxylic acids is 1. The van der Waals surface area contributed by atoms with Crippen LogP contribution in [0.1, 0.15) is 5.56 Å². The molecule has 0 aromatic carbocycles. The summed E-state index contributed by atoms with van der Waals surface area (Å²) in [4.78, 5) is 26.0. The van der Waals surface area contributed by atoms with Gasteiger partial charge < -0.3 is 9.47 Å². The van der Waals surface area contributed by atoms with Crippen molar-refractivity contribution in [3.63, 3.8) is 0 Å². The van der Waals surface area contributed by atoms with E-state index in [1.54, 1.807) is 32.3 Å². The number of carbonyl (C=O) groups is 1. The molecule has 0 unspecified atom stereocenters. The summed E-state index contributed by atoms with van der Waals surface area (Å²) in [5, 5.41) is 18.2. The lowest BCUT2D eigenvalue weighted by atomic mass is 10.3. The van der Waals surface area contributed by atoms with Gasteiger partial charge in [0.05, 0.1) is 4.53 Å². The second kappa shape index (κ2) is 6.99. The zero-order chi connectivity index (χ0) is 17.9. The Morgan fingerprint density at radius 3 is 2.54 bits per heavy atom. The molecule has 8 heteroatoms. The molecule has 0 aliphatic carbocycles. The van der Waals surface area contributed by atoms with Crippen molar-refractivity contribution < 1.29 is 4.79 Å². The molecule has 1 amide bonds. The van der Waals surface area contributed by atoms with E-state index in [0.29, 0.717) is 4.53 Å². The molecule has 0 atom stereocenters. The van der Waals surface area contributed by atoms with Gasteiger partial charge in [-0.1, -0.05) is 0 Å². The number of nitrogens with zero attached hydrogens (tertiary/aromatic N) is 5. The number of nitriles is 2. The van der Waals surface area contributed by atoms with Crippen molar-refractivity contribution in [1.82, 2.24) is 14.0 Å². The van der Waals surface area contributed by atoms with Crippen molar-refractivity contribution in [2.75, 3.05) is 14.1 Å². The first kappa shape index (κ1) is 17.3. The molecular weight excluding hydrogens is 326 g/mol. The normalized spacial score (nSPS) is 11.0. The highest BCUT2D eigenvalue weighted by Crippen LogP contribution is 2.00. The highest BCUT2D eigenvalue weighted by Gasteiger charge is 2.13. The number of aryl methyl sites for hydroxylation is 1. The van der Waals surface area contributed by atoms with E-state index in [0.717, 1.165) is 16.9 Å². The van der Waals surface area contributed by atoms with Gasteiger partial charge in [-0.05, 0) is 17.7 Å². The fraction of sp³-hybridized carbons (Fsp3) is 0.250. The largest absolute Gasteiger partial charge is 0.357 e. The molecule has 2 aromatic rings. The van der Waals surface area contributed by atoms with Gasteiger partial charge in [-0.2, -0.15) is 10.5 Å². The zero-order valence-electron chi connectivity index (χ0n) is 13.5. The van der Waals surface area contributed by atoms with Gasteiger partial charge in [0.1, 0.15) is 23.3 Å². The van der Waals surface area contributed by atoms with E-state index >= 15 is 0 Å². The molecule has 0 spiro atoms. The summed E-state index contributed by atoms with van der Waals surface area (Å²) in [6.45, 7) is -0.215. The summed E-state index contributed by atoms with van der Waals surface area (Å²) >= 11 is 1.03. The molecule has 0 saturated heterocycles. The lowest BCUT2D eigenvalue weighted by Gasteiger charge is -2.10. The van der Waals surface area contributed by atoms with E-state index in [1.807, 2.05) is 30.1 Å². The van der Waals surface area contributed by atoms with Gasteiger partial charge in [0, 0.05) is 33.5 Å². The van der Waals surface area contributed by atoms with Crippen LogP contribution in [0.4, 0.5) is 0 Å². The molecule has 2 heterocycles. The number of likely N-dealkylation sites (N-methyl/N-ethyl adjacent to an activating group) is 1. The van der Waals surface area contributed by atoms with Gasteiger partial charge in [-0.15, -0.1) is 11.3 Å². The Morgan fingerprint density at radius 1 is 1.38 bits per heavy atom. The molecule has 2 rings (SSSR count). The predicted molar refractivity (Wildman–Crippen MR) is 90.1 cm³/mol. The number of hydrogen-bond donors (Lipinski definition) is 0. The molecule has 24 heavy (non-hydrogen) atoms. The third kappa shape index (κ3) is 3.45. The molecule has 0 saturated carbocycles. The number of rotatable bonds is 3. The van der Waals surface area contributed by atoms with E-state index in [2.05, 4.69) is 0 Å². The van der Waals surface area contributed by atoms with E-state index in [1.165, 1.54) is 9.47 Å². The minimum atomic E-state index is -0.392. The van der Waals surface area contributed by atoms with Crippen LogP contribution in [0.25, 0.3) is 11.6 Å². The zero-order valence-corrected chi connectivity index (χ0v) is 14.3. The predicted octanol–water partition coefficient (Wildman–Crippen LogP) is -0.637. The van der Waals surface area contributed by atoms with E-state index in [9.17, 15) is 9.59 Å². The van der Waals surface area contributed by atoms with Crippen LogP contribution in [0, 0.1) is 22.7 Å². The second-order valence-corrected chi connectivity index (χ2v) is 6.33. The summed E-state index contributed by atoms with van der Waals surface area (Å²) in [5.74, 6) is -0.294. The first-order valence-electron chi connectivity index (χ1n) is 6.95. The molecule has 122 valence electrons. The van der Waals surface area contributed by atoms with Gasteiger partial charge >= 0.3 is 0 Å². The molecule has 0 aliphatic rings. The maximum Gasteiger partial charge on any atom is 0.269 e. The molecule has 0 bridgehead atoms. The van der Waals surface area contributed by atoms with Crippen LogP contribution in [-0.2, 0) is 18.4 Å². The van der Waals surface area contributed by atoms with Crippen LogP contribution in [0.5, 0.6) is 0 Å². The van der Waals surface area contributed by atoms with E-state index in [-0.39, 0.29) is 22.7 Å². The average molecular weight is 341 g/mol. The average Bonchev–Trinajstić information content (AvgIpc) is 3.07. The summed E-state index contributed by atoms with van der Waals surface area (Å²) in [6.07, 6.45) is 5.36. The maximum absolute atomic E-state index is 12.6. The maximum atomic E-state index is 12.6. The van der Waals surface area contributed by atoms with E-state index < -0.39 is 5.56 Å². The van der Waals surface area contributed by atoms with Crippen molar-refractivity contribution >= 4 is 28.9 Å². The third-order valence-corrected chi connectivity index (χ3v) is 4.42. The Morgan fingerprint density at radius 2 is 2.04 bits per heavy atom. The van der Waals surface area contributed by atoms with Crippen molar-refractivity contribution in [2.24, 2.45) is 7.05 Å². The molecule has 7 nitrogen and oxygen atoms in total. The SMILES string of the molecule is CN(C)C(=O)Cn1c(=C(C#N)C#N)s/c(=C/c2ccn(C)c2)c1=O. The van der Waals surface area contributed by atoms with Crippen LogP contribution < -0.4 is 14.8 Å². The highest BCUT2D eigenvalue weighted by atomic mass is 32.1. The number of aromatic nitrogens is 2. The number of amides is 1. The van der Waals surface area contributed by atoms with Gasteiger partial charge in [0.25, 0.3) is 5.56 Å². The molecule has 0 fully saturated rings. The van der Waals surface area contributed by atoms with Crippen molar-refractivity contribution in [3.8, 4) is 12.1 Å². The van der Waals surface area contributed by atoms with Gasteiger partial charge in [0.2, 0.25) is 5.91 Å². The molecule has 0 aliphatic heterocycles. The molecule has 0 N–H and O–H groups in total. The van der Waals surface area contributed by atoms with Crippen molar-refractivity contribution in [2.45, 2.75) is 6.54 Å². The van der Waals surface area contributed by atoms with Gasteiger partial charge in [-0.25, -0.2) is 0 Å². The third-order valence-electron chi connectivity index (χ3n) is 3.29. The van der Waals surface area contributed by atoms with Crippen LogP contribution in [0.3, 0.4) is 0 Å². The Hall–Kier alpha value is -3.10. The Labute approximate surface area is 142 Å². The topological polar surface area (TPSA) is 94.8 Å². The monoisotopic (exact) mass is 341 g/mol. The summed E-state index contributed by atoms with van der Waals surface area (Å²) in [6, 6.07) is 5.41. The molecule has 0 radical (unpaired) electrons. The lowest BCUT2D eigenvalue weighted by Crippen LogP contribution is -2.38. The Balaban J connectivity index is 2.75. The van der Waals surface area contributed by atoms with Crippen LogP contribution in [-0.4, -0.2) is 34.0 Å². The minimum Gasteiger partial charge on any atom is -0.357 e. The Bertz CT molecular complexity index is 1020. The number of hydrogen-bond acceptors (Lipinski definition) is 5. The van der Waals surface area contributed by atoms with Crippen molar-refractivity contribution in [1.29, 1.82) is 10.5 Å². The minimum absolute atomic E-state index is 0.184. The van der Waals surface area contributed by atoms with Crippen LogP contribution >= 0.6 is 11.3 Å². The highest BCUT2D eigenvalue weighted by molar-refractivity contribution is 7.07. The van der Waals surface area contributed by atoms with Crippen LogP contribution in [0.15, 0.2) is 23.3 Å². The summed E-state index contributed by atoms with van der Waals surface area (Å²) in [5.41, 5.74) is 0.248. The first-order valence-corrected chi connectivity index (χ1v) is 7.77. The van der Waals surface area contributed by atoms with E-state index in [4.69, 9.17) is 10.5 Å². The number of thiazole rings is 1. The molecule has 2 aromatic heterocycles. The fourth-order valence-electron chi connectivity index (χ4n) is 2.01. The summed E-state index contributed by atoms with van der Waals surface area (Å²) in [7, 11) is 5.02. The van der Waals surface area contributed by atoms with Crippen molar-refractivity contribution in [3.05, 3.63) is 43.6 Å². The summed E-state index contributed by atoms with van der Waals surface area (Å²) < 4.78 is 3.59. The second-order valence-electron chi connectivity index (χ2n) is 5.30. The molecular formula is C16H15N5O2S. The smallest absolute Gasteiger partial charge is 0.269 e. The standard InChI is InChI=1S/C16H15N5O2S/c1-19(2)14(22)10-21-15(23)13(6-11-4-5-20(3)9-11)24-16(21)12(7-17)8-18/h4-6,9H,10H2,1-3H3/b13-6+. The Kier molecular flexibility index (Phi) is 5.02. The fourth-order valence-corrected chi connectivity index (χ4v) is 3.06. The first-order chi connectivity index (χ1) is 11.4.